The summed E-state index contributed by atoms with van der Waals surface area (Å²) in [6.45, 7) is 3.20. The second-order valence-corrected chi connectivity index (χ2v) is 5.99. The molecule has 0 aromatic carbocycles. The zero-order valence-corrected chi connectivity index (χ0v) is 11.8. The fraction of sp³-hybridized carbons (Fsp3) is 0.923. The van der Waals surface area contributed by atoms with Gasteiger partial charge in [0, 0.05) is 24.2 Å². The lowest BCUT2D eigenvalue weighted by Crippen LogP contribution is -2.41. The zero-order valence-electron chi connectivity index (χ0n) is 11.0. The molecule has 1 aliphatic carbocycles. The maximum Gasteiger partial charge on any atom is 0.323 e. The van der Waals surface area contributed by atoms with E-state index in [2.05, 4.69) is 5.32 Å². The molecule has 5 heteroatoms. The summed E-state index contributed by atoms with van der Waals surface area (Å²) in [6.07, 6.45) is 5.09. The summed E-state index contributed by atoms with van der Waals surface area (Å²) in [5.41, 5.74) is 0. The number of nitrogens with one attached hydrogen (secondary N) is 1. The highest BCUT2D eigenvalue weighted by atomic mass is 32.2. The average molecular weight is 273 g/mol. The Kier molecular flexibility index (Phi) is 5.79. The van der Waals surface area contributed by atoms with Crippen LogP contribution in [0.5, 0.6) is 0 Å². The Balaban J connectivity index is 1.67. The van der Waals surface area contributed by atoms with Crippen LogP contribution >= 0.6 is 11.8 Å². The van der Waals surface area contributed by atoms with Crippen molar-refractivity contribution >= 4 is 17.7 Å². The molecule has 2 rings (SSSR count). The van der Waals surface area contributed by atoms with Crippen LogP contribution in [-0.2, 0) is 14.3 Å². The molecule has 2 aliphatic rings. The Morgan fingerprint density at radius 1 is 1.50 bits per heavy atom. The fourth-order valence-electron chi connectivity index (χ4n) is 2.05. The van der Waals surface area contributed by atoms with Gasteiger partial charge in [0.2, 0.25) is 0 Å². The summed E-state index contributed by atoms with van der Waals surface area (Å²) in [4.78, 5) is 11.8. The van der Waals surface area contributed by atoms with E-state index in [4.69, 9.17) is 9.47 Å². The normalized spacial score (nSPS) is 25.1. The third-order valence-corrected chi connectivity index (χ3v) is 4.37. The number of thioether (sulfide) groups is 1. The summed E-state index contributed by atoms with van der Waals surface area (Å²) in [5.74, 6) is 1.67. The largest absolute Gasteiger partial charge is 0.465 e. The van der Waals surface area contributed by atoms with Crippen molar-refractivity contribution in [3.63, 3.8) is 0 Å². The smallest absolute Gasteiger partial charge is 0.323 e. The lowest BCUT2D eigenvalue weighted by atomic mass is 10.3. The molecule has 1 aliphatic heterocycles. The van der Waals surface area contributed by atoms with Gasteiger partial charge in [0.25, 0.3) is 0 Å². The highest BCUT2D eigenvalue weighted by molar-refractivity contribution is 7.99. The fourth-order valence-corrected chi connectivity index (χ4v) is 3.18. The molecule has 4 nitrogen and oxygen atoms in total. The first-order valence-corrected chi connectivity index (χ1v) is 8.07. The molecule has 18 heavy (non-hydrogen) atoms. The lowest BCUT2D eigenvalue weighted by Gasteiger charge is -2.17. The van der Waals surface area contributed by atoms with Crippen molar-refractivity contribution in [3.8, 4) is 0 Å². The summed E-state index contributed by atoms with van der Waals surface area (Å²) in [5, 5.41) is 3.36. The van der Waals surface area contributed by atoms with Gasteiger partial charge >= 0.3 is 5.97 Å². The molecule has 2 fully saturated rings. The van der Waals surface area contributed by atoms with Crippen LogP contribution in [0.25, 0.3) is 0 Å². The molecule has 2 atom stereocenters. The molecule has 0 spiro atoms. The second kappa shape index (κ2) is 7.36. The van der Waals surface area contributed by atoms with E-state index >= 15 is 0 Å². The summed E-state index contributed by atoms with van der Waals surface area (Å²) in [6, 6.07) is 0.381. The van der Waals surface area contributed by atoms with Crippen LogP contribution in [0.3, 0.4) is 0 Å². The van der Waals surface area contributed by atoms with E-state index in [9.17, 15) is 4.79 Å². The van der Waals surface area contributed by atoms with Crippen LogP contribution in [0.2, 0.25) is 0 Å². The van der Waals surface area contributed by atoms with Crippen molar-refractivity contribution in [3.05, 3.63) is 0 Å². The molecule has 0 amide bonds. The summed E-state index contributed by atoms with van der Waals surface area (Å²) in [7, 11) is 0. The third-order valence-electron chi connectivity index (χ3n) is 3.20. The van der Waals surface area contributed by atoms with E-state index in [0.29, 0.717) is 18.8 Å². The van der Waals surface area contributed by atoms with Gasteiger partial charge in [0.05, 0.1) is 12.7 Å². The monoisotopic (exact) mass is 273 g/mol. The van der Waals surface area contributed by atoms with Crippen molar-refractivity contribution in [1.29, 1.82) is 0 Å². The number of carbonyl (C=O) groups excluding carboxylic acids is 1. The maximum absolute atomic E-state index is 11.8. The number of carbonyl (C=O) groups is 1. The first-order valence-electron chi connectivity index (χ1n) is 6.91. The molecule has 2 unspecified atom stereocenters. The van der Waals surface area contributed by atoms with Gasteiger partial charge in [-0.2, -0.15) is 11.8 Å². The van der Waals surface area contributed by atoms with Crippen molar-refractivity contribution in [1.82, 2.24) is 5.32 Å². The molecule has 104 valence electrons. The molecule has 0 bridgehead atoms. The van der Waals surface area contributed by atoms with Crippen molar-refractivity contribution in [2.75, 3.05) is 24.7 Å². The van der Waals surface area contributed by atoms with Crippen LogP contribution in [-0.4, -0.2) is 48.9 Å². The van der Waals surface area contributed by atoms with Crippen LogP contribution in [0.1, 0.15) is 32.6 Å². The summed E-state index contributed by atoms with van der Waals surface area (Å²) >= 11 is 1.79. The topological polar surface area (TPSA) is 47.6 Å². The van der Waals surface area contributed by atoms with Gasteiger partial charge in [-0.15, -0.1) is 0 Å². The number of rotatable bonds is 8. The zero-order chi connectivity index (χ0) is 12.8. The van der Waals surface area contributed by atoms with Gasteiger partial charge in [-0.3, -0.25) is 4.79 Å². The van der Waals surface area contributed by atoms with Crippen molar-refractivity contribution in [2.45, 2.75) is 50.8 Å². The first kappa shape index (κ1) is 14.2. The standard InChI is InChI=1S/C13H23NO3S/c1-2-16-13(15)12(14-10-5-6-10)9-18-8-11-4-3-7-17-11/h10-12,14H,2-9H2,1H3. The second-order valence-electron chi connectivity index (χ2n) is 4.92. The Hall–Kier alpha value is -0.260. The Labute approximate surface area is 113 Å². The predicted molar refractivity (Wildman–Crippen MR) is 72.9 cm³/mol. The number of hydrogen-bond acceptors (Lipinski definition) is 5. The van der Waals surface area contributed by atoms with Crippen LogP contribution < -0.4 is 5.32 Å². The van der Waals surface area contributed by atoms with Crippen molar-refractivity contribution in [2.24, 2.45) is 0 Å². The molecule has 0 aromatic heterocycles. The van der Waals surface area contributed by atoms with Crippen LogP contribution in [0, 0.1) is 0 Å². The van der Waals surface area contributed by atoms with Gasteiger partial charge < -0.3 is 14.8 Å². The SMILES string of the molecule is CCOC(=O)C(CSCC1CCCO1)NC1CC1. The average Bonchev–Trinajstić information content (AvgIpc) is 3.02. The number of ether oxygens (including phenoxy) is 2. The van der Waals surface area contributed by atoms with Gasteiger partial charge in [0.1, 0.15) is 6.04 Å². The van der Waals surface area contributed by atoms with E-state index in [1.807, 2.05) is 6.92 Å². The minimum absolute atomic E-state index is 0.107. The maximum atomic E-state index is 11.8. The Bertz CT molecular complexity index is 265. The molecule has 1 N–H and O–H groups in total. The van der Waals surface area contributed by atoms with E-state index in [0.717, 1.165) is 24.5 Å². The lowest BCUT2D eigenvalue weighted by molar-refractivity contribution is -0.145. The molecular formula is C13H23NO3S. The quantitative estimate of drug-likeness (QED) is 0.680. The number of hydrogen-bond donors (Lipinski definition) is 1. The van der Waals surface area contributed by atoms with Gasteiger partial charge in [-0.25, -0.2) is 0 Å². The molecule has 0 radical (unpaired) electrons. The third kappa shape index (κ3) is 4.78. The highest BCUT2D eigenvalue weighted by Gasteiger charge is 2.29. The van der Waals surface area contributed by atoms with Gasteiger partial charge in [-0.1, -0.05) is 0 Å². The first-order chi connectivity index (χ1) is 8.79. The molecular weight excluding hydrogens is 250 g/mol. The Morgan fingerprint density at radius 3 is 2.94 bits per heavy atom. The van der Waals surface area contributed by atoms with Crippen LogP contribution in [0.15, 0.2) is 0 Å². The van der Waals surface area contributed by atoms with E-state index in [-0.39, 0.29) is 12.0 Å². The minimum Gasteiger partial charge on any atom is -0.465 e. The summed E-state index contributed by atoms with van der Waals surface area (Å²) < 4.78 is 10.7. The van der Waals surface area contributed by atoms with Crippen LogP contribution in [0.4, 0.5) is 0 Å². The Morgan fingerprint density at radius 2 is 2.33 bits per heavy atom. The molecule has 1 saturated heterocycles. The molecule has 1 heterocycles. The van der Waals surface area contributed by atoms with Crippen molar-refractivity contribution < 1.29 is 14.3 Å². The van der Waals surface area contributed by atoms with Gasteiger partial charge in [0.15, 0.2) is 0 Å². The highest BCUT2D eigenvalue weighted by Crippen LogP contribution is 2.22. The van der Waals surface area contributed by atoms with Gasteiger partial charge in [-0.05, 0) is 32.6 Å². The van der Waals surface area contributed by atoms with E-state index in [1.54, 1.807) is 11.8 Å². The van der Waals surface area contributed by atoms with E-state index in [1.165, 1.54) is 19.3 Å². The molecule has 1 saturated carbocycles. The number of esters is 1. The minimum atomic E-state index is -0.149. The van der Waals surface area contributed by atoms with E-state index < -0.39 is 0 Å². The molecule has 0 aromatic rings. The predicted octanol–water partition coefficient (Wildman–Crippen LogP) is 1.58.